The minimum atomic E-state index is -4.25. The molecule has 1 fully saturated rings. The Hall–Kier alpha value is -0.550. The van der Waals surface area contributed by atoms with Gasteiger partial charge in [-0.25, -0.2) is 0 Å². The van der Waals surface area contributed by atoms with Crippen molar-refractivity contribution in [2.45, 2.75) is 31.0 Å². The van der Waals surface area contributed by atoms with Crippen molar-refractivity contribution in [2.75, 3.05) is 0 Å². The highest BCUT2D eigenvalue weighted by atomic mass is 32.1. The Morgan fingerprint density at radius 2 is 2.00 bits per heavy atom. The molecule has 1 aliphatic carbocycles. The maximum absolute atomic E-state index is 12.2. The van der Waals surface area contributed by atoms with Crippen LogP contribution in [-0.2, 0) is 12.6 Å². The summed E-state index contributed by atoms with van der Waals surface area (Å²) in [6.07, 6.45) is -2.50. The molecular formula is C9H9F3OS. The first-order chi connectivity index (χ1) is 6.39. The molecule has 5 heteroatoms. The van der Waals surface area contributed by atoms with E-state index < -0.39 is 16.7 Å². The summed E-state index contributed by atoms with van der Waals surface area (Å²) in [5.74, 6) is 0. The van der Waals surface area contributed by atoms with Crippen molar-refractivity contribution >= 4 is 11.3 Å². The molecule has 2 rings (SSSR count). The Labute approximate surface area is 83.2 Å². The summed E-state index contributed by atoms with van der Waals surface area (Å²) in [5.41, 5.74) is -0.715. The zero-order chi connectivity index (χ0) is 10.4. The van der Waals surface area contributed by atoms with Crippen LogP contribution >= 0.6 is 11.3 Å². The Kier molecular flexibility index (Phi) is 2.12. The molecule has 0 radical (unpaired) electrons. The maximum atomic E-state index is 12.2. The van der Waals surface area contributed by atoms with Gasteiger partial charge in [0, 0.05) is 11.3 Å². The van der Waals surface area contributed by atoms with E-state index in [1.807, 2.05) is 0 Å². The van der Waals surface area contributed by atoms with E-state index in [9.17, 15) is 18.3 Å². The average molecular weight is 222 g/mol. The Balaban J connectivity index is 2.10. The summed E-state index contributed by atoms with van der Waals surface area (Å²) in [6, 6.07) is 2.52. The molecule has 1 aromatic heterocycles. The molecule has 1 aliphatic rings. The number of thiophene rings is 1. The summed E-state index contributed by atoms with van der Waals surface area (Å²) in [6.45, 7) is 0. The third-order valence-corrected chi connectivity index (χ3v) is 3.40. The predicted octanol–water partition coefficient (Wildman–Crippen LogP) is 2.83. The molecule has 0 spiro atoms. The van der Waals surface area contributed by atoms with Crippen molar-refractivity contribution in [3.8, 4) is 0 Å². The molecule has 1 saturated carbocycles. The SMILES string of the molecule is OC1(Cc2ccc(C(F)(F)F)s2)CC1. The number of alkyl halides is 3. The molecule has 0 unspecified atom stereocenters. The van der Waals surface area contributed by atoms with Crippen LogP contribution in [0.25, 0.3) is 0 Å². The van der Waals surface area contributed by atoms with E-state index in [0.717, 1.165) is 17.4 Å². The maximum Gasteiger partial charge on any atom is 0.425 e. The molecule has 0 amide bonds. The number of halogens is 3. The van der Waals surface area contributed by atoms with E-state index in [1.54, 1.807) is 0 Å². The first-order valence-electron chi connectivity index (χ1n) is 4.27. The van der Waals surface area contributed by atoms with Crippen molar-refractivity contribution < 1.29 is 18.3 Å². The molecule has 78 valence electrons. The van der Waals surface area contributed by atoms with Crippen LogP contribution in [0.5, 0.6) is 0 Å². The molecule has 14 heavy (non-hydrogen) atoms. The highest BCUT2D eigenvalue weighted by molar-refractivity contribution is 7.12. The fourth-order valence-corrected chi connectivity index (χ4v) is 2.28. The first-order valence-corrected chi connectivity index (χ1v) is 5.09. The van der Waals surface area contributed by atoms with Crippen molar-refractivity contribution in [1.82, 2.24) is 0 Å². The smallest absolute Gasteiger partial charge is 0.390 e. The van der Waals surface area contributed by atoms with E-state index >= 15 is 0 Å². The van der Waals surface area contributed by atoms with E-state index in [0.29, 0.717) is 24.1 Å². The highest BCUT2D eigenvalue weighted by Crippen LogP contribution is 2.41. The van der Waals surface area contributed by atoms with E-state index in [4.69, 9.17) is 0 Å². The van der Waals surface area contributed by atoms with Gasteiger partial charge in [-0.3, -0.25) is 0 Å². The first kappa shape index (κ1) is 9.98. The lowest BCUT2D eigenvalue weighted by Gasteiger charge is -2.04. The van der Waals surface area contributed by atoms with Crippen LogP contribution in [0, 0.1) is 0 Å². The van der Waals surface area contributed by atoms with E-state index in [1.165, 1.54) is 6.07 Å². The van der Waals surface area contributed by atoms with Gasteiger partial charge in [0.2, 0.25) is 0 Å². The Morgan fingerprint density at radius 3 is 2.43 bits per heavy atom. The minimum Gasteiger partial charge on any atom is -0.390 e. The van der Waals surface area contributed by atoms with Gasteiger partial charge in [-0.1, -0.05) is 0 Å². The second kappa shape index (κ2) is 2.97. The summed E-state index contributed by atoms with van der Waals surface area (Å²) >= 11 is 0.722. The molecule has 1 aromatic rings. The van der Waals surface area contributed by atoms with Crippen molar-refractivity contribution in [3.05, 3.63) is 21.9 Å². The molecule has 0 atom stereocenters. The second-order valence-electron chi connectivity index (χ2n) is 3.66. The van der Waals surface area contributed by atoms with Gasteiger partial charge in [0.05, 0.1) is 5.60 Å². The molecule has 1 heterocycles. The zero-order valence-corrected chi connectivity index (χ0v) is 8.08. The van der Waals surface area contributed by atoms with Gasteiger partial charge in [-0.2, -0.15) is 13.2 Å². The molecule has 1 nitrogen and oxygen atoms in total. The lowest BCUT2D eigenvalue weighted by molar-refractivity contribution is -0.134. The Morgan fingerprint density at radius 1 is 1.36 bits per heavy atom. The van der Waals surface area contributed by atoms with Gasteiger partial charge >= 0.3 is 6.18 Å². The van der Waals surface area contributed by atoms with Crippen LogP contribution in [-0.4, -0.2) is 10.7 Å². The summed E-state index contributed by atoms with van der Waals surface area (Å²) in [5, 5.41) is 9.52. The van der Waals surface area contributed by atoms with Crippen LogP contribution in [0.15, 0.2) is 12.1 Å². The molecular weight excluding hydrogens is 213 g/mol. The number of rotatable bonds is 2. The molecule has 0 saturated heterocycles. The second-order valence-corrected chi connectivity index (χ2v) is 4.83. The fourth-order valence-electron chi connectivity index (χ4n) is 1.27. The lowest BCUT2D eigenvalue weighted by atomic mass is 10.2. The van der Waals surface area contributed by atoms with Gasteiger partial charge < -0.3 is 5.11 Å². The molecule has 0 aliphatic heterocycles. The van der Waals surface area contributed by atoms with Crippen LogP contribution < -0.4 is 0 Å². The lowest BCUT2D eigenvalue weighted by Crippen LogP contribution is -2.09. The zero-order valence-electron chi connectivity index (χ0n) is 7.27. The van der Waals surface area contributed by atoms with E-state index in [-0.39, 0.29) is 0 Å². The van der Waals surface area contributed by atoms with E-state index in [2.05, 4.69) is 0 Å². The summed E-state index contributed by atoms with van der Waals surface area (Å²) in [7, 11) is 0. The largest absolute Gasteiger partial charge is 0.425 e. The topological polar surface area (TPSA) is 20.2 Å². The molecule has 1 N–H and O–H groups in total. The van der Waals surface area contributed by atoms with Crippen LogP contribution in [0.4, 0.5) is 13.2 Å². The third-order valence-electron chi connectivity index (χ3n) is 2.27. The van der Waals surface area contributed by atoms with Gasteiger partial charge in [0.25, 0.3) is 0 Å². The van der Waals surface area contributed by atoms with Gasteiger partial charge in [0.15, 0.2) is 0 Å². The van der Waals surface area contributed by atoms with Crippen LogP contribution in [0.2, 0.25) is 0 Å². The van der Waals surface area contributed by atoms with Crippen molar-refractivity contribution in [3.63, 3.8) is 0 Å². The average Bonchev–Trinajstić information content (AvgIpc) is 2.61. The Bertz CT molecular complexity index is 338. The van der Waals surface area contributed by atoms with Gasteiger partial charge in [-0.15, -0.1) is 11.3 Å². The van der Waals surface area contributed by atoms with Gasteiger partial charge in [0.1, 0.15) is 4.88 Å². The normalized spacial score (nSPS) is 19.7. The predicted molar refractivity (Wildman–Crippen MR) is 47.2 cm³/mol. The van der Waals surface area contributed by atoms with Crippen molar-refractivity contribution in [1.29, 1.82) is 0 Å². The van der Waals surface area contributed by atoms with Crippen molar-refractivity contribution in [2.24, 2.45) is 0 Å². The number of aliphatic hydroxyl groups is 1. The summed E-state index contributed by atoms with van der Waals surface area (Å²) < 4.78 is 36.6. The molecule has 0 aromatic carbocycles. The monoisotopic (exact) mass is 222 g/mol. The molecule has 0 bridgehead atoms. The standard InChI is InChI=1S/C9H9F3OS/c10-9(11,12)7-2-1-6(14-7)5-8(13)3-4-8/h1-2,13H,3-5H2. The fraction of sp³-hybridized carbons (Fsp3) is 0.556. The third kappa shape index (κ3) is 2.09. The van der Waals surface area contributed by atoms with Gasteiger partial charge in [-0.05, 0) is 25.0 Å². The van der Waals surface area contributed by atoms with Crippen LogP contribution in [0.3, 0.4) is 0 Å². The van der Waals surface area contributed by atoms with Crippen LogP contribution in [0.1, 0.15) is 22.6 Å². The number of hydrogen-bond acceptors (Lipinski definition) is 2. The quantitative estimate of drug-likeness (QED) is 0.815. The minimum absolute atomic E-state index is 0.355. The number of hydrogen-bond donors (Lipinski definition) is 1. The summed E-state index contributed by atoms with van der Waals surface area (Å²) in [4.78, 5) is 0.0223. The highest BCUT2D eigenvalue weighted by Gasteiger charge is 2.41.